The maximum atomic E-state index is 13.2. The van der Waals surface area contributed by atoms with Crippen molar-refractivity contribution in [2.45, 2.75) is 6.92 Å². The molecule has 6 heteroatoms. The molecule has 1 aliphatic heterocycles. The molecule has 1 aliphatic rings. The van der Waals surface area contributed by atoms with Gasteiger partial charge < -0.3 is 9.57 Å². The van der Waals surface area contributed by atoms with Crippen LogP contribution < -0.4 is 15.3 Å². The van der Waals surface area contributed by atoms with Gasteiger partial charge in [0, 0.05) is 17.3 Å². The number of nitrogens with zero attached hydrogens (tertiary/aromatic N) is 2. The lowest BCUT2D eigenvalue weighted by atomic mass is 10.2. The van der Waals surface area contributed by atoms with Gasteiger partial charge in [0.15, 0.2) is 5.76 Å². The number of methoxy groups -OCH3 is 1. The van der Waals surface area contributed by atoms with Crippen molar-refractivity contribution in [2.75, 3.05) is 12.1 Å². The summed E-state index contributed by atoms with van der Waals surface area (Å²) in [5, 5.41) is 1.72. The number of aryl methyl sites for hydroxylation is 1. The Morgan fingerprint density at radius 1 is 1.29 bits per heavy atom. The maximum Gasteiger partial charge on any atom is 0.215 e. The van der Waals surface area contributed by atoms with E-state index in [1.165, 1.54) is 6.20 Å². The van der Waals surface area contributed by atoms with Crippen molar-refractivity contribution in [2.24, 2.45) is 0 Å². The highest BCUT2D eigenvalue weighted by Gasteiger charge is 2.17. The monoisotopic (exact) mass is 287 g/mol. The third-order valence-corrected chi connectivity index (χ3v) is 3.15. The standard InChI is InChI=1S/C15H14FN3O2/c1-10-7-11(8-17-15(10)16)14-9-19(18-21-14)12-3-5-13(20-2)6-4-12/h3-9,18H,1-2H3. The van der Waals surface area contributed by atoms with Crippen LogP contribution in [-0.2, 0) is 4.84 Å². The lowest BCUT2D eigenvalue weighted by Gasteiger charge is -2.13. The van der Waals surface area contributed by atoms with E-state index in [0.29, 0.717) is 16.9 Å². The van der Waals surface area contributed by atoms with Crippen LogP contribution in [-0.4, -0.2) is 12.1 Å². The van der Waals surface area contributed by atoms with Gasteiger partial charge in [-0.15, -0.1) is 0 Å². The SMILES string of the molecule is COc1ccc(N2C=C(c3cnc(F)c(C)c3)ON2)cc1. The molecule has 0 amide bonds. The van der Waals surface area contributed by atoms with E-state index in [1.807, 2.05) is 24.3 Å². The van der Waals surface area contributed by atoms with Gasteiger partial charge in [0.2, 0.25) is 5.95 Å². The van der Waals surface area contributed by atoms with Crippen LogP contribution in [0.5, 0.6) is 5.75 Å². The van der Waals surface area contributed by atoms with Crippen molar-refractivity contribution in [3.8, 4) is 5.75 Å². The highest BCUT2D eigenvalue weighted by molar-refractivity contribution is 5.66. The summed E-state index contributed by atoms with van der Waals surface area (Å²) in [6.07, 6.45) is 3.21. The molecule has 5 nitrogen and oxygen atoms in total. The van der Waals surface area contributed by atoms with Crippen molar-refractivity contribution in [3.05, 3.63) is 59.8 Å². The van der Waals surface area contributed by atoms with Gasteiger partial charge in [-0.1, -0.05) is 5.59 Å². The molecule has 0 unspecified atom stereocenters. The van der Waals surface area contributed by atoms with Crippen LogP contribution in [0.25, 0.3) is 5.76 Å². The van der Waals surface area contributed by atoms with E-state index < -0.39 is 5.95 Å². The van der Waals surface area contributed by atoms with Gasteiger partial charge in [0.25, 0.3) is 0 Å². The Morgan fingerprint density at radius 3 is 2.71 bits per heavy atom. The Hall–Kier alpha value is -2.60. The van der Waals surface area contributed by atoms with E-state index in [9.17, 15) is 4.39 Å². The lowest BCUT2D eigenvalue weighted by Crippen LogP contribution is -2.26. The highest BCUT2D eigenvalue weighted by atomic mass is 19.1. The van der Waals surface area contributed by atoms with Crippen molar-refractivity contribution in [1.29, 1.82) is 0 Å². The Kier molecular flexibility index (Phi) is 3.45. The van der Waals surface area contributed by atoms with Gasteiger partial charge in [-0.25, -0.2) is 9.99 Å². The van der Waals surface area contributed by atoms with Gasteiger partial charge >= 0.3 is 0 Å². The number of rotatable bonds is 3. The zero-order valence-electron chi connectivity index (χ0n) is 11.6. The average molecular weight is 287 g/mol. The Bertz CT molecular complexity index is 686. The molecule has 0 bridgehead atoms. The van der Waals surface area contributed by atoms with E-state index >= 15 is 0 Å². The van der Waals surface area contributed by atoms with Crippen LogP contribution >= 0.6 is 0 Å². The summed E-state index contributed by atoms with van der Waals surface area (Å²) in [6.45, 7) is 1.66. The summed E-state index contributed by atoms with van der Waals surface area (Å²) < 4.78 is 18.3. The summed E-state index contributed by atoms with van der Waals surface area (Å²) in [4.78, 5) is 9.09. The first-order chi connectivity index (χ1) is 10.2. The van der Waals surface area contributed by atoms with Gasteiger partial charge in [0.05, 0.1) is 19.0 Å². The number of anilines is 1. The van der Waals surface area contributed by atoms with Crippen molar-refractivity contribution >= 4 is 11.4 Å². The minimum absolute atomic E-state index is 0.472. The number of aromatic nitrogens is 1. The molecule has 1 aromatic carbocycles. The van der Waals surface area contributed by atoms with Gasteiger partial charge in [-0.2, -0.15) is 4.39 Å². The predicted octanol–water partition coefficient (Wildman–Crippen LogP) is 2.79. The van der Waals surface area contributed by atoms with Gasteiger partial charge in [-0.05, 0) is 37.3 Å². The molecular weight excluding hydrogens is 273 g/mol. The second-order valence-corrected chi connectivity index (χ2v) is 4.59. The fraction of sp³-hybridized carbons (Fsp3) is 0.133. The fourth-order valence-corrected chi connectivity index (χ4v) is 1.96. The van der Waals surface area contributed by atoms with Crippen molar-refractivity contribution in [1.82, 2.24) is 10.6 Å². The maximum absolute atomic E-state index is 13.2. The summed E-state index contributed by atoms with van der Waals surface area (Å²) in [5.74, 6) is 0.875. The van der Waals surface area contributed by atoms with Gasteiger partial charge in [0.1, 0.15) is 5.75 Å². The molecule has 2 aromatic rings. The zero-order valence-corrected chi connectivity index (χ0v) is 11.6. The van der Waals surface area contributed by atoms with E-state index in [2.05, 4.69) is 10.6 Å². The van der Waals surface area contributed by atoms with Crippen molar-refractivity contribution in [3.63, 3.8) is 0 Å². The Labute approximate surface area is 121 Å². The molecule has 0 saturated carbocycles. The minimum Gasteiger partial charge on any atom is -0.497 e. The van der Waals surface area contributed by atoms with E-state index in [4.69, 9.17) is 9.57 Å². The Balaban J connectivity index is 1.84. The summed E-state index contributed by atoms with van der Waals surface area (Å²) >= 11 is 0. The van der Waals surface area contributed by atoms with E-state index in [0.717, 1.165) is 11.4 Å². The first-order valence-electron chi connectivity index (χ1n) is 6.37. The molecule has 1 N–H and O–H groups in total. The molecule has 1 aromatic heterocycles. The second-order valence-electron chi connectivity index (χ2n) is 4.59. The molecule has 2 heterocycles. The minimum atomic E-state index is -0.475. The number of halogens is 1. The molecular formula is C15H14FN3O2. The Morgan fingerprint density at radius 2 is 2.05 bits per heavy atom. The number of pyridine rings is 1. The van der Waals surface area contributed by atoms with Crippen LogP contribution in [0, 0.1) is 12.9 Å². The molecule has 21 heavy (non-hydrogen) atoms. The molecule has 0 atom stereocenters. The number of ether oxygens (including phenoxy) is 1. The molecule has 0 spiro atoms. The fourth-order valence-electron chi connectivity index (χ4n) is 1.96. The van der Waals surface area contributed by atoms with Crippen LogP contribution in [0.1, 0.15) is 11.1 Å². The topological polar surface area (TPSA) is 46.6 Å². The summed E-state index contributed by atoms with van der Waals surface area (Å²) in [5.41, 5.74) is 4.84. The van der Waals surface area contributed by atoms with Crippen LogP contribution in [0.3, 0.4) is 0 Å². The molecule has 108 valence electrons. The lowest BCUT2D eigenvalue weighted by molar-refractivity contribution is 0.180. The van der Waals surface area contributed by atoms with E-state index in [-0.39, 0.29) is 0 Å². The highest BCUT2D eigenvalue weighted by Crippen LogP contribution is 2.25. The normalized spacial score (nSPS) is 13.9. The molecule has 0 saturated heterocycles. The van der Waals surface area contributed by atoms with Crippen molar-refractivity contribution < 1.29 is 14.0 Å². The average Bonchev–Trinajstić information content (AvgIpc) is 3.00. The van der Waals surface area contributed by atoms with Crippen LogP contribution in [0.15, 0.2) is 42.7 Å². The summed E-state index contributed by atoms with van der Waals surface area (Å²) in [6, 6.07) is 9.18. The number of nitrogens with one attached hydrogen (secondary N) is 1. The first kappa shape index (κ1) is 13.4. The summed E-state index contributed by atoms with van der Waals surface area (Å²) in [7, 11) is 1.62. The smallest absolute Gasteiger partial charge is 0.215 e. The molecule has 3 rings (SSSR count). The first-order valence-corrected chi connectivity index (χ1v) is 6.37. The van der Waals surface area contributed by atoms with Gasteiger partial charge in [-0.3, -0.25) is 0 Å². The molecule has 0 radical (unpaired) electrons. The van der Waals surface area contributed by atoms with E-state index in [1.54, 1.807) is 31.3 Å². The van der Waals surface area contributed by atoms with Crippen LogP contribution in [0.2, 0.25) is 0 Å². The predicted molar refractivity (Wildman–Crippen MR) is 76.6 cm³/mol. The molecule has 0 aliphatic carbocycles. The number of hydrazine groups is 1. The third kappa shape index (κ3) is 2.66. The van der Waals surface area contributed by atoms with Crippen LogP contribution in [0.4, 0.5) is 10.1 Å². The largest absolute Gasteiger partial charge is 0.497 e. The third-order valence-electron chi connectivity index (χ3n) is 3.15. The quantitative estimate of drug-likeness (QED) is 0.880. The number of hydrogen-bond donors (Lipinski definition) is 1. The number of hydrogen-bond acceptors (Lipinski definition) is 5. The molecule has 0 fully saturated rings. The second kappa shape index (κ2) is 5.41. The number of benzene rings is 1. The zero-order chi connectivity index (χ0) is 14.8.